The molecule has 0 radical (unpaired) electrons. The van der Waals surface area contributed by atoms with Crippen LogP contribution in [0.1, 0.15) is 18.4 Å². The fourth-order valence-electron chi connectivity index (χ4n) is 2.93. The van der Waals surface area contributed by atoms with E-state index < -0.39 is 0 Å². The van der Waals surface area contributed by atoms with E-state index in [-0.39, 0.29) is 5.82 Å². The summed E-state index contributed by atoms with van der Waals surface area (Å²) in [6, 6.07) is 10.3. The molecule has 1 unspecified atom stereocenters. The van der Waals surface area contributed by atoms with Crippen LogP contribution in [0.2, 0.25) is 0 Å². The SMILES string of the molecule is Fc1ccc(OCC2CCCN(Cc3cccnc3)C2)cc1. The lowest BCUT2D eigenvalue weighted by Gasteiger charge is -2.32. The van der Waals surface area contributed by atoms with Gasteiger partial charge in [0.2, 0.25) is 0 Å². The minimum atomic E-state index is -0.229. The third-order valence-electron chi connectivity index (χ3n) is 4.03. The monoisotopic (exact) mass is 300 g/mol. The first-order valence-electron chi connectivity index (χ1n) is 7.79. The van der Waals surface area contributed by atoms with Crippen LogP contribution in [-0.4, -0.2) is 29.6 Å². The number of likely N-dealkylation sites (tertiary alicyclic amines) is 1. The topological polar surface area (TPSA) is 25.4 Å². The Kier molecular flexibility index (Phi) is 5.01. The van der Waals surface area contributed by atoms with Crippen LogP contribution >= 0.6 is 0 Å². The fraction of sp³-hybridized carbons (Fsp3) is 0.389. The largest absolute Gasteiger partial charge is 0.493 e. The molecule has 1 aromatic carbocycles. The second kappa shape index (κ2) is 7.36. The molecule has 0 bridgehead atoms. The maximum atomic E-state index is 12.9. The van der Waals surface area contributed by atoms with Crippen molar-refractivity contribution >= 4 is 0 Å². The third kappa shape index (κ3) is 4.28. The Hall–Kier alpha value is -1.94. The van der Waals surface area contributed by atoms with E-state index in [0.717, 1.165) is 25.4 Å². The average Bonchev–Trinajstić information content (AvgIpc) is 2.56. The molecule has 1 aromatic heterocycles. The Morgan fingerprint density at radius 2 is 2.09 bits per heavy atom. The molecule has 3 nitrogen and oxygen atoms in total. The van der Waals surface area contributed by atoms with Crippen molar-refractivity contribution in [3.8, 4) is 5.75 Å². The second-order valence-electron chi connectivity index (χ2n) is 5.87. The summed E-state index contributed by atoms with van der Waals surface area (Å²) in [5.41, 5.74) is 1.25. The maximum Gasteiger partial charge on any atom is 0.123 e. The first-order chi connectivity index (χ1) is 10.8. The number of benzene rings is 1. The summed E-state index contributed by atoms with van der Waals surface area (Å²) in [6.45, 7) is 3.80. The zero-order chi connectivity index (χ0) is 15.2. The lowest BCUT2D eigenvalue weighted by Crippen LogP contribution is -2.37. The van der Waals surface area contributed by atoms with E-state index in [1.54, 1.807) is 18.3 Å². The van der Waals surface area contributed by atoms with Crippen molar-refractivity contribution in [2.24, 2.45) is 5.92 Å². The number of halogens is 1. The lowest BCUT2D eigenvalue weighted by atomic mass is 9.98. The van der Waals surface area contributed by atoms with Gasteiger partial charge in [-0.05, 0) is 55.3 Å². The number of rotatable bonds is 5. The molecule has 0 spiro atoms. The molecule has 0 saturated carbocycles. The van der Waals surface area contributed by atoms with Crippen LogP contribution in [0.25, 0.3) is 0 Å². The molecule has 2 aromatic rings. The van der Waals surface area contributed by atoms with Crippen LogP contribution < -0.4 is 4.74 Å². The van der Waals surface area contributed by atoms with Crippen molar-refractivity contribution in [2.45, 2.75) is 19.4 Å². The van der Waals surface area contributed by atoms with E-state index in [1.165, 1.54) is 30.5 Å². The molecule has 1 fully saturated rings. The molecule has 2 heterocycles. The number of hydrogen-bond donors (Lipinski definition) is 0. The minimum absolute atomic E-state index is 0.229. The summed E-state index contributed by atoms with van der Waals surface area (Å²) < 4.78 is 18.7. The summed E-state index contributed by atoms with van der Waals surface area (Å²) in [6.07, 6.45) is 6.11. The molecule has 116 valence electrons. The predicted molar refractivity (Wildman–Crippen MR) is 84.1 cm³/mol. The highest BCUT2D eigenvalue weighted by Gasteiger charge is 2.20. The molecule has 1 saturated heterocycles. The molecular weight excluding hydrogens is 279 g/mol. The van der Waals surface area contributed by atoms with E-state index in [2.05, 4.69) is 16.0 Å². The Labute approximate surface area is 130 Å². The molecule has 1 atom stereocenters. The van der Waals surface area contributed by atoms with Gasteiger partial charge in [0.25, 0.3) is 0 Å². The van der Waals surface area contributed by atoms with Crippen molar-refractivity contribution in [1.82, 2.24) is 9.88 Å². The van der Waals surface area contributed by atoms with Gasteiger partial charge >= 0.3 is 0 Å². The average molecular weight is 300 g/mol. The summed E-state index contributed by atoms with van der Waals surface area (Å²) >= 11 is 0. The van der Waals surface area contributed by atoms with Crippen LogP contribution in [0.4, 0.5) is 4.39 Å². The van der Waals surface area contributed by atoms with Gasteiger partial charge < -0.3 is 4.74 Å². The molecule has 3 rings (SSSR count). The number of piperidine rings is 1. The molecule has 1 aliphatic rings. The van der Waals surface area contributed by atoms with Gasteiger partial charge in [0.05, 0.1) is 6.61 Å². The summed E-state index contributed by atoms with van der Waals surface area (Å²) in [4.78, 5) is 6.63. The highest BCUT2D eigenvalue weighted by molar-refractivity contribution is 5.22. The zero-order valence-corrected chi connectivity index (χ0v) is 12.6. The molecule has 1 aliphatic heterocycles. The Morgan fingerprint density at radius 3 is 2.86 bits per heavy atom. The quantitative estimate of drug-likeness (QED) is 0.845. The first-order valence-corrected chi connectivity index (χ1v) is 7.79. The predicted octanol–water partition coefficient (Wildman–Crippen LogP) is 3.51. The molecule has 4 heteroatoms. The molecule has 22 heavy (non-hydrogen) atoms. The third-order valence-corrected chi connectivity index (χ3v) is 4.03. The van der Waals surface area contributed by atoms with Crippen LogP contribution in [0.3, 0.4) is 0 Å². The van der Waals surface area contributed by atoms with Gasteiger partial charge in [-0.15, -0.1) is 0 Å². The number of pyridine rings is 1. The summed E-state index contributed by atoms with van der Waals surface area (Å²) in [7, 11) is 0. The van der Waals surface area contributed by atoms with Crippen LogP contribution in [0.5, 0.6) is 5.75 Å². The van der Waals surface area contributed by atoms with Gasteiger partial charge in [-0.2, -0.15) is 0 Å². The van der Waals surface area contributed by atoms with E-state index in [9.17, 15) is 4.39 Å². The van der Waals surface area contributed by atoms with Gasteiger partial charge in [-0.25, -0.2) is 4.39 Å². The number of ether oxygens (including phenoxy) is 1. The molecule has 0 amide bonds. The summed E-state index contributed by atoms with van der Waals surface area (Å²) in [5, 5.41) is 0. The van der Waals surface area contributed by atoms with Crippen LogP contribution in [0.15, 0.2) is 48.8 Å². The number of hydrogen-bond acceptors (Lipinski definition) is 3. The highest BCUT2D eigenvalue weighted by atomic mass is 19.1. The van der Waals surface area contributed by atoms with Gasteiger partial charge in [-0.1, -0.05) is 6.07 Å². The zero-order valence-electron chi connectivity index (χ0n) is 12.6. The van der Waals surface area contributed by atoms with Gasteiger partial charge in [-0.3, -0.25) is 9.88 Å². The van der Waals surface area contributed by atoms with Gasteiger partial charge in [0.1, 0.15) is 11.6 Å². The lowest BCUT2D eigenvalue weighted by molar-refractivity contribution is 0.125. The van der Waals surface area contributed by atoms with E-state index in [1.807, 2.05) is 12.3 Å². The van der Waals surface area contributed by atoms with Gasteiger partial charge in [0.15, 0.2) is 0 Å². The Balaban J connectivity index is 1.49. The Morgan fingerprint density at radius 1 is 1.23 bits per heavy atom. The standard InChI is InChI=1S/C18H21FN2O/c19-17-5-7-18(8-6-17)22-14-16-4-2-10-21(13-16)12-15-3-1-9-20-11-15/h1,3,5-9,11,16H,2,4,10,12-14H2. The van der Waals surface area contributed by atoms with E-state index in [0.29, 0.717) is 12.5 Å². The van der Waals surface area contributed by atoms with Crippen molar-refractivity contribution in [2.75, 3.05) is 19.7 Å². The first kappa shape index (κ1) is 15.0. The van der Waals surface area contributed by atoms with Crippen LogP contribution in [-0.2, 0) is 6.54 Å². The summed E-state index contributed by atoms with van der Waals surface area (Å²) in [5.74, 6) is 1.04. The minimum Gasteiger partial charge on any atom is -0.493 e. The van der Waals surface area contributed by atoms with E-state index >= 15 is 0 Å². The van der Waals surface area contributed by atoms with Crippen molar-refractivity contribution in [3.05, 3.63) is 60.2 Å². The fourth-order valence-corrected chi connectivity index (χ4v) is 2.93. The molecular formula is C18H21FN2O. The van der Waals surface area contributed by atoms with Crippen molar-refractivity contribution in [3.63, 3.8) is 0 Å². The van der Waals surface area contributed by atoms with E-state index in [4.69, 9.17) is 4.74 Å². The van der Waals surface area contributed by atoms with Crippen LogP contribution in [0, 0.1) is 11.7 Å². The molecule has 0 aliphatic carbocycles. The maximum absolute atomic E-state index is 12.9. The Bertz CT molecular complexity index is 573. The molecule has 0 N–H and O–H groups in total. The van der Waals surface area contributed by atoms with Crippen molar-refractivity contribution < 1.29 is 9.13 Å². The number of aromatic nitrogens is 1. The normalized spacial score (nSPS) is 19.0. The highest BCUT2D eigenvalue weighted by Crippen LogP contribution is 2.20. The van der Waals surface area contributed by atoms with Gasteiger partial charge in [0, 0.05) is 31.4 Å². The number of nitrogens with zero attached hydrogens (tertiary/aromatic N) is 2. The van der Waals surface area contributed by atoms with Crippen molar-refractivity contribution in [1.29, 1.82) is 0 Å². The second-order valence-corrected chi connectivity index (χ2v) is 5.87. The smallest absolute Gasteiger partial charge is 0.123 e.